The number of carbonyl (C=O) groups excluding carboxylic acids is 1. The van der Waals surface area contributed by atoms with E-state index in [9.17, 15) is 4.79 Å². The molecule has 0 aliphatic carbocycles. The van der Waals surface area contributed by atoms with Crippen molar-refractivity contribution in [2.24, 2.45) is 0 Å². The lowest BCUT2D eigenvalue weighted by atomic mass is 10.1. The summed E-state index contributed by atoms with van der Waals surface area (Å²) in [6.45, 7) is 5.33. The van der Waals surface area contributed by atoms with Crippen LogP contribution in [0.1, 0.15) is 19.7 Å². The lowest BCUT2D eigenvalue weighted by molar-refractivity contribution is -0.128. The number of nitrogens with zero attached hydrogens (tertiary/aromatic N) is 4. The van der Waals surface area contributed by atoms with E-state index in [1.165, 1.54) is 11.3 Å². The number of aryl methyl sites for hydroxylation is 1. The van der Waals surface area contributed by atoms with Crippen LogP contribution in [-0.2, 0) is 4.79 Å². The van der Waals surface area contributed by atoms with Crippen LogP contribution in [0.3, 0.4) is 0 Å². The van der Waals surface area contributed by atoms with Gasteiger partial charge < -0.3 is 10.1 Å². The fraction of sp³-hybridized carbons (Fsp3) is 0.200. The Morgan fingerprint density at radius 2 is 1.93 bits per heavy atom. The maximum absolute atomic E-state index is 12.8. The average molecular weight is 472 g/mol. The van der Waals surface area contributed by atoms with Crippen molar-refractivity contribution in [3.8, 4) is 16.3 Å². The van der Waals surface area contributed by atoms with Crippen molar-refractivity contribution in [2.75, 3.05) is 5.32 Å². The number of ether oxygens (including phenoxy) is 1. The standard InChI is InChI=1S/C20H18BrN5O2S/c1-12-23-24-19-26(12)25-17(29-19)13-5-4-6-15(11-13)22-18(27)20(2,3)28-16-9-7-14(21)8-10-16/h4-11H,1-3H3,(H,22,27). The number of hydrogen-bond acceptors (Lipinski definition) is 6. The second-order valence-corrected chi connectivity index (χ2v) is 8.82. The van der Waals surface area contributed by atoms with Gasteiger partial charge in [0.1, 0.15) is 10.8 Å². The zero-order valence-electron chi connectivity index (χ0n) is 16.0. The van der Waals surface area contributed by atoms with Crippen LogP contribution < -0.4 is 10.1 Å². The van der Waals surface area contributed by atoms with Crippen molar-refractivity contribution in [1.29, 1.82) is 0 Å². The maximum Gasteiger partial charge on any atom is 0.267 e. The summed E-state index contributed by atoms with van der Waals surface area (Å²) >= 11 is 4.83. The number of halogens is 1. The van der Waals surface area contributed by atoms with Gasteiger partial charge in [-0.2, -0.15) is 9.61 Å². The van der Waals surface area contributed by atoms with Crippen LogP contribution >= 0.6 is 27.3 Å². The van der Waals surface area contributed by atoms with Crippen molar-refractivity contribution in [3.05, 3.63) is 58.8 Å². The molecule has 0 spiro atoms. The lowest BCUT2D eigenvalue weighted by Crippen LogP contribution is -2.42. The van der Waals surface area contributed by atoms with E-state index in [4.69, 9.17) is 4.74 Å². The van der Waals surface area contributed by atoms with Gasteiger partial charge in [0.25, 0.3) is 5.91 Å². The summed E-state index contributed by atoms with van der Waals surface area (Å²) in [4.78, 5) is 13.5. The Morgan fingerprint density at radius 3 is 2.66 bits per heavy atom. The summed E-state index contributed by atoms with van der Waals surface area (Å²) in [5.41, 5.74) is 0.515. The second kappa shape index (κ2) is 7.57. The number of aromatic nitrogens is 4. The first kappa shape index (κ1) is 19.5. The van der Waals surface area contributed by atoms with Crippen LogP contribution in [0.5, 0.6) is 5.75 Å². The Labute approximate surface area is 179 Å². The molecule has 4 aromatic rings. The predicted octanol–water partition coefficient (Wildman–Crippen LogP) is 4.72. The molecular formula is C20H18BrN5O2S. The van der Waals surface area contributed by atoms with E-state index in [0.29, 0.717) is 11.4 Å². The first-order chi connectivity index (χ1) is 13.8. The molecular weight excluding hydrogens is 454 g/mol. The molecule has 0 saturated carbocycles. The van der Waals surface area contributed by atoms with Crippen LogP contribution in [0.2, 0.25) is 0 Å². The summed E-state index contributed by atoms with van der Waals surface area (Å²) in [6, 6.07) is 14.9. The largest absolute Gasteiger partial charge is 0.478 e. The van der Waals surface area contributed by atoms with E-state index in [1.807, 2.05) is 55.5 Å². The van der Waals surface area contributed by atoms with Crippen molar-refractivity contribution in [2.45, 2.75) is 26.4 Å². The van der Waals surface area contributed by atoms with Gasteiger partial charge in [0.2, 0.25) is 4.96 Å². The van der Waals surface area contributed by atoms with Gasteiger partial charge in [-0.15, -0.1) is 10.2 Å². The Bertz CT molecular complexity index is 1180. The van der Waals surface area contributed by atoms with Crippen LogP contribution in [0.25, 0.3) is 15.5 Å². The molecule has 0 fully saturated rings. The van der Waals surface area contributed by atoms with Gasteiger partial charge in [-0.1, -0.05) is 39.4 Å². The summed E-state index contributed by atoms with van der Waals surface area (Å²) in [5.74, 6) is 1.11. The number of carbonyl (C=O) groups is 1. The van der Waals surface area contributed by atoms with Crippen LogP contribution in [0.15, 0.2) is 53.0 Å². The molecule has 0 saturated heterocycles. The SMILES string of the molecule is Cc1nnc2sc(-c3cccc(NC(=O)C(C)(C)Oc4ccc(Br)cc4)c3)nn12. The van der Waals surface area contributed by atoms with Crippen molar-refractivity contribution in [3.63, 3.8) is 0 Å². The first-order valence-corrected chi connectivity index (χ1v) is 10.5. The number of rotatable bonds is 5. The minimum atomic E-state index is -1.05. The molecule has 1 amide bonds. The Morgan fingerprint density at radius 1 is 1.17 bits per heavy atom. The van der Waals surface area contributed by atoms with E-state index >= 15 is 0 Å². The highest BCUT2D eigenvalue weighted by molar-refractivity contribution is 9.10. The molecule has 7 nitrogen and oxygen atoms in total. The molecule has 148 valence electrons. The van der Waals surface area contributed by atoms with Crippen LogP contribution in [0, 0.1) is 6.92 Å². The van der Waals surface area contributed by atoms with Crippen molar-refractivity contribution < 1.29 is 9.53 Å². The lowest BCUT2D eigenvalue weighted by Gasteiger charge is -2.25. The summed E-state index contributed by atoms with van der Waals surface area (Å²) < 4.78 is 8.54. The van der Waals surface area contributed by atoms with E-state index in [-0.39, 0.29) is 5.91 Å². The molecule has 0 unspecified atom stereocenters. The zero-order valence-corrected chi connectivity index (χ0v) is 18.4. The predicted molar refractivity (Wildman–Crippen MR) is 116 cm³/mol. The van der Waals surface area contributed by atoms with Gasteiger partial charge in [0, 0.05) is 15.7 Å². The highest BCUT2D eigenvalue weighted by Crippen LogP contribution is 2.28. The molecule has 0 bridgehead atoms. The molecule has 9 heteroatoms. The van der Waals surface area contributed by atoms with E-state index < -0.39 is 5.60 Å². The normalized spacial score (nSPS) is 11.6. The smallest absolute Gasteiger partial charge is 0.267 e. The summed E-state index contributed by atoms with van der Waals surface area (Å²) in [5, 5.41) is 16.4. The Hall–Kier alpha value is -2.78. The quantitative estimate of drug-likeness (QED) is 0.455. The molecule has 0 atom stereocenters. The zero-order chi connectivity index (χ0) is 20.6. The Balaban J connectivity index is 1.52. The molecule has 2 aromatic carbocycles. The molecule has 1 N–H and O–H groups in total. The number of benzene rings is 2. The van der Waals surface area contributed by atoms with Gasteiger partial charge >= 0.3 is 0 Å². The topological polar surface area (TPSA) is 81.4 Å². The van der Waals surface area contributed by atoms with Gasteiger partial charge in [0.15, 0.2) is 11.4 Å². The summed E-state index contributed by atoms with van der Waals surface area (Å²) in [7, 11) is 0. The fourth-order valence-electron chi connectivity index (χ4n) is 2.69. The monoisotopic (exact) mass is 471 g/mol. The molecule has 2 aromatic heterocycles. The van der Waals surface area contributed by atoms with E-state index in [2.05, 4.69) is 36.5 Å². The fourth-order valence-corrected chi connectivity index (χ4v) is 3.83. The third-order valence-electron chi connectivity index (χ3n) is 4.25. The Kier molecular flexibility index (Phi) is 5.10. The minimum absolute atomic E-state index is 0.244. The van der Waals surface area contributed by atoms with Gasteiger partial charge in [-0.3, -0.25) is 4.79 Å². The first-order valence-electron chi connectivity index (χ1n) is 8.87. The maximum atomic E-state index is 12.8. The van der Waals surface area contributed by atoms with E-state index in [1.54, 1.807) is 18.4 Å². The van der Waals surface area contributed by atoms with E-state index in [0.717, 1.165) is 25.8 Å². The third-order valence-corrected chi connectivity index (χ3v) is 5.72. The molecule has 29 heavy (non-hydrogen) atoms. The summed E-state index contributed by atoms with van der Waals surface area (Å²) in [6.07, 6.45) is 0. The molecule has 0 aliphatic rings. The van der Waals surface area contributed by atoms with Gasteiger partial charge in [-0.25, -0.2) is 0 Å². The number of anilines is 1. The molecule has 2 heterocycles. The highest BCUT2D eigenvalue weighted by Gasteiger charge is 2.30. The van der Waals surface area contributed by atoms with Crippen LogP contribution in [0.4, 0.5) is 5.69 Å². The highest BCUT2D eigenvalue weighted by atomic mass is 79.9. The molecule has 0 radical (unpaired) electrons. The third kappa shape index (κ3) is 4.15. The number of hydrogen-bond donors (Lipinski definition) is 1. The van der Waals surface area contributed by atoms with Crippen molar-refractivity contribution >= 4 is 43.8 Å². The van der Waals surface area contributed by atoms with Gasteiger partial charge in [0.05, 0.1) is 0 Å². The van der Waals surface area contributed by atoms with Crippen molar-refractivity contribution in [1.82, 2.24) is 19.8 Å². The minimum Gasteiger partial charge on any atom is -0.478 e. The second-order valence-electron chi connectivity index (χ2n) is 6.95. The number of nitrogens with one attached hydrogen (secondary N) is 1. The van der Waals surface area contributed by atoms with Crippen LogP contribution in [-0.4, -0.2) is 31.3 Å². The number of amides is 1. The molecule has 4 rings (SSSR count). The van der Waals surface area contributed by atoms with Gasteiger partial charge in [-0.05, 0) is 57.2 Å². The average Bonchev–Trinajstić information content (AvgIpc) is 3.26. The number of fused-ring (bicyclic) bond motifs is 1. The molecule has 0 aliphatic heterocycles.